The lowest BCUT2D eigenvalue weighted by atomic mass is 10.0. The van der Waals surface area contributed by atoms with E-state index in [1.807, 2.05) is 24.3 Å². The molecule has 0 bridgehead atoms. The molecule has 0 saturated carbocycles. The smallest absolute Gasteiger partial charge is 0.224 e. The van der Waals surface area contributed by atoms with Crippen LogP contribution in [0.3, 0.4) is 0 Å². The standard InChI is InChI=1S/C22H23F2N3O/c1-15(2)18-6-3-16(4-7-18)12-22(28)25-13-19-9-10-27(26-19)14-17-5-8-20(23)21(24)11-17/h3-11,15H,12-14H2,1-2H3,(H,25,28). The quantitative estimate of drug-likeness (QED) is 0.665. The van der Waals surface area contributed by atoms with Crippen molar-refractivity contribution in [3.8, 4) is 0 Å². The fourth-order valence-electron chi connectivity index (χ4n) is 2.87. The first-order valence-electron chi connectivity index (χ1n) is 9.22. The van der Waals surface area contributed by atoms with E-state index in [1.165, 1.54) is 11.6 Å². The first kappa shape index (κ1) is 19.7. The van der Waals surface area contributed by atoms with Crippen LogP contribution >= 0.6 is 0 Å². The summed E-state index contributed by atoms with van der Waals surface area (Å²) in [5, 5.41) is 7.21. The molecule has 146 valence electrons. The number of amides is 1. The van der Waals surface area contributed by atoms with Crippen molar-refractivity contribution in [1.29, 1.82) is 0 Å². The molecule has 28 heavy (non-hydrogen) atoms. The maximum Gasteiger partial charge on any atom is 0.224 e. The Hall–Kier alpha value is -3.02. The van der Waals surface area contributed by atoms with Crippen molar-refractivity contribution in [2.45, 2.75) is 39.3 Å². The fraction of sp³-hybridized carbons (Fsp3) is 0.273. The SMILES string of the molecule is CC(C)c1ccc(CC(=O)NCc2ccn(Cc3ccc(F)c(F)c3)n2)cc1. The molecule has 0 aliphatic rings. The minimum atomic E-state index is -0.876. The van der Waals surface area contributed by atoms with Crippen LogP contribution in [0.2, 0.25) is 0 Å². The summed E-state index contributed by atoms with van der Waals surface area (Å²) in [7, 11) is 0. The molecule has 0 radical (unpaired) electrons. The first-order chi connectivity index (χ1) is 13.4. The summed E-state index contributed by atoms with van der Waals surface area (Å²) in [6.07, 6.45) is 2.06. The summed E-state index contributed by atoms with van der Waals surface area (Å²) >= 11 is 0. The van der Waals surface area contributed by atoms with Crippen LogP contribution in [0.5, 0.6) is 0 Å². The van der Waals surface area contributed by atoms with Crippen LogP contribution in [-0.4, -0.2) is 15.7 Å². The summed E-state index contributed by atoms with van der Waals surface area (Å²) in [5.41, 5.74) is 3.52. The molecular formula is C22H23F2N3O. The molecule has 1 heterocycles. The van der Waals surface area contributed by atoms with E-state index in [-0.39, 0.29) is 5.91 Å². The van der Waals surface area contributed by atoms with E-state index in [1.54, 1.807) is 16.9 Å². The second-order valence-electron chi connectivity index (χ2n) is 7.10. The van der Waals surface area contributed by atoms with Crippen LogP contribution in [0.15, 0.2) is 54.7 Å². The molecular weight excluding hydrogens is 360 g/mol. The molecule has 0 unspecified atom stereocenters. The Kier molecular flexibility index (Phi) is 6.19. The Morgan fingerprint density at radius 1 is 1.04 bits per heavy atom. The molecule has 6 heteroatoms. The third-order valence-corrected chi connectivity index (χ3v) is 4.50. The molecule has 3 aromatic rings. The maximum atomic E-state index is 13.3. The Morgan fingerprint density at radius 3 is 2.43 bits per heavy atom. The lowest BCUT2D eigenvalue weighted by molar-refractivity contribution is -0.120. The number of hydrogen-bond donors (Lipinski definition) is 1. The average Bonchev–Trinajstić information content (AvgIpc) is 3.11. The third kappa shape index (κ3) is 5.25. The van der Waals surface area contributed by atoms with Crippen molar-refractivity contribution >= 4 is 5.91 Å². The van der Waals surface area contributed by atoms with Crippen molar-refractivity contribution in [2.75, 3.05) is 0 Å². The number of nitrogens with one attached hydrogen (secondary N) is 1. The van der Waals surface area contributed by atoms with E-state index in [4.69, 9.17) is 0 Å². The van der Waals surface area contributed by atoms with Gasteiger partial charge in [-0.25, -0.2) is 8.78 Å². The molecule has 0 atom stereocenters. The number of hydrogen-bond acceptors (Lipinski definition) is 2. The van der Waals surface area contributed by atoms with Gasteiger partial charge in [0.1, 0.15) is 0 Å². The van der Waals surface area contributed by atoms with Gasteiger partial charge in [-0.2, -0.15) is 5.10 Å². The van der Waals surface area contributed by atoms with Gasteiger partial charge in [0, 0.05) is 6.20 Å². The van der Waals surface area contributed by atoms with Gasteiger partial charge in [-0.15, -0.1) is 0 Å². The molecule has 1 N–H and O–H groups in total. The van der Waals surface area contributed by atoms with Gasteiger partial charge in [0.25, 0.3) is 0 Å². The lowest BCUT2D eigenvalue weighted by Gasteiger charge is -2.07. The zero-order valence-electron chi connectivity index (χ0n) is 16.0. The van der Waals surface area contributed by atoms with E-state index in [2.05, 4.69) is 24.3 Å². The summed E-state index contributed by atoms with van der Waals surface area (Å²) in [6, 6.07) is 13.6. The number of halogens is 2. The van der Waals surface area contributed by atoms with Gasteiger partial charge in [0.05, 0.1) is 25.2 Å². The van der Waals surface area contributed by atoms with Gasteiger partial charge in [-0.1, -0.05) is 44.2 Å². The molecule has 0 fully saturated rings. The molecule has 2 aromatic carbocycles. The highest BCUT2D eigenvalue weighted by molar-refractivity contribution is 5.78. The summed E-state index contributed by atoms with van der Waals surface area (Å²) in [5.74, 6) is -1.36. The number of carbonyl (C=O) groups is 1. The second kappa shape index (κ2) is 8.78. The van der Waals surface area contributed by atoms with E-state index >= 15 is 0 Å². The molecule has 0 aliphatic heterocycles. The minimum Gasteiger partial charge on any atom is -0.350 e. The monoisotopic (exact) mass is 383 g/mol. The highest BCUT2D eigenvalue weighted by Crippen LogP contribution is 2.15. The zero-order valence-corrected chi connectivity index (χ0v) is 16.0. The van der Waals surface area contributed by atoms with Crippen LogP contribution in [0.25, 0.3) is 0 Å². The molecule has 0 spiro atoms. The highest BCUT2D eigenvalue weighted by Gasteiger charge is 2.07. The number of rotatable bonds is 7. The van der Waals surface area contributed by atoms with Crippen molar-refractivity contribution in [3.05, 3.63) is 88.7 Å². The predicted molar refractivity (Wildman–Crippen MR) is 104 cm³/mol. The van der Waals surface area contributed by atoms with E-state index in [0.717, 1.165) is 17.7 Å². The number of nitrogens with zero attached hydrogens (tertiary/aromatic N) is 2. The molecule has 0 saturated heterocycles. The molecule has 1 amide bonds. The van der Waals surface area contributed by atoms with Crippen molar-refractivity contribution in [3.63, 3.8) is 0 Å². The average molecular weight is 383 g/mol. The van der Waals surface area contributed by atoms with Gasteiger partial charge in [-0.05, 0) is 40.8 Å². The van der Waals surface area contributed by atoms with Crippen molar-refractivity contribution in [1.82, 2.24) is 15.1 Å². The number of carbonyl (C=O) groups excluding carboxylic acids is 1. The van der Waals surface area contributed by atoms with Gasteiger partial charge in [0.15, 0.2) is 11.6 Å². The Bertz CT molecular complexity index is 949. The van der Waals surface area contributed by atoms with E-state index in [9.17, 15) is 13.6 Å². The van der Waals surface area contributed by atoms with Crippen LogP contribution < -0.4 is 5.32 Å². The second-order valence-corrected chi connectivity index (χ2v) is 7.10. The van der Waals surface area contributed by atoms with Crippen molar-refractivity contribution < 1.29 is 13.6 Å². The van der Waals surface area contributed by atoms with Crippen LogP contribution in [0.4, 0.5) is 8.78 Å². The van der Waals surface area contributed by atoms with Crippen molar-refractivity contribution in [2.24, 2.45) is 0 Å². The van der Waals surface area contributed by atoms with Crippen LogP contribution in [0, 0.1) is 11.6 Å². The Balaban J connectivity index is 1.50. The van der Waals surface area contributed by atoms with Crippen LogP contribution in [-0.2, 0) is 24.3 Å². The van der Waals surface area contributed by atoms with Crippen LogP contribution in [0.1, 0.15) is 42.1 Å². The maximum absolute atomic E-state index is 13.3. The third-order valence-electron chi connectivity index (χ3n) is 4.50. The highest BCUT2D eigenvalue weighted by atomic mass is 19.2. The van der Waals surface area contributed by atoms with E-state index in [0.29, 0.717) is 36.7 Å². The van der Waals surface area contributed by atoms with Gasteiger partial charge in [-0.3, -0.25) is 9.48 Å². The summed E-state index contributed by atoms with van der Waals surface area (Å²) < 4.78 is 27.9. The zero-order chi connectivity index (χ0) is 20.1. The number of aromatic nitrogens is 2. The Labute approximate surface area is 163 Å². The molecule has 3 rings (SSSR count). The predicted octanol–water partition coefficient (Wildman–Crippen LogP) is 4.19. The summed E-state index contributed by atoms with van der Waals surface area (Å²) in [6.45, 7) is 4.90. The largest absolute Gasteiger partial charge is 0.350 e. The van der Waals surface area contributed by atoms with E-state index < -0.39 is 11.6 Å². The number of benzene rings is 2. The van der Waals surface area contributed by atoms with Gasteiger partial charge in [0.2, 0.25) is 5.91 Å². The topological polar surface area (TPSA) is 46.9 Å². The van der Waals surface area contributed by atoms with Gasteiger partial charge >= 0.3 is 0 Å². The molecule has 1 aromatic heterocycles. The first-order valence-corrected chi connectivity index (χ1v) is 9.22. The normalized spacial score (nSPS) is 11.0. The summed E-state index contributed by atoms with van der Waals surface area (Å²) in [4.78, 5) is 12.1. The lowest BCUT2D eigenvalue weighted by Crippen LogP contribution is -2.24. The molecule has 4 nitrogen and oxygen atoms in total. The molecule has 0 aliphatic carbocycles. The minimum absolute atomic E-state index is 0.0764. The van der Waals surface area contributed by atoms with Gasteiger partial charge < -0.3 is 5.32 Å². The fourth-order valence-corrected chi connectivity index (χ4v) is 2.87. The Morgan fingerprint density at radius 2 is 1.75 bits per heavy atom.